The molecule has 1 aromatic heterocycles. The Bertz CT molecular complexity index is 1330. The highest BCUT2D eigenvalue weighted by Gasteiger charge is 2.21. The highest BCUT2D eigenvalue weighted by Crippen LogP contribution is 2.24. The Balaban J connectivity index is 1.54. The third kappa shape index (κ3) is 5.87. The molecule has 0 bridgehead atoms. The molecule has 0 aliphatic rings. The van der Waals surface area contributed by atoms with E-state index in [1.165, 1.54) is 12.1 Å². The van der Waals surface area contributed by atoms with Crippen molar-refractivity contribution < 1.29 is 9.18 Å². The summed E-state index contributed by atoms with van der Waals surface area (Å²) in [4.78, 5) is 22.2. The first-order valence-electron chi connectivity index (χ1n) is 11.4. The van der Waals surface area contributed by atoms with Crippen LogP contribution in [0.1, 0.15) is 35.1 Å². The lowest BCUT2D eigenvalue weighted by Gasteiger charge is -2.19. The summed E-state index contributed by atoms with van der Waals surface area (Å²) in [6, 6.07) is 21.1. The molecule has 0 aliphatic carbocycles. The average Bonchev–Trinajstić information content (AvgIpc) is 3.22. The number of nitrogens with zero attached hydrogens (tertiary/aromatic N) is 3. The molecule has 0 fully saturated rings. The van der Waals surface area contributed by atoms with Gasteiger partial charge in [-0.1, -0.05) is 36.4 Å². The van der Waals surface area contributed by atoms with Crippen molar-refractivity contribution in [2.24, 2.45) is 17.8 Å². The number of benzene rings is 3. The van der Waals surface area contributed by atoms with Crippen molar-refractivity contribution in [2.45, 2.75) is 18.9 Å². The minimum Gasteiger partial charge on any atom is -0.386 e. The van der Waals surface area contributed by atoms with Gasteiger partial charge in [0, 0.05) is 19.2 Å². The highest BCUT2D eigenvalue weighted by atomic mass is 35.5. The number of halogens is 2. The van der Waals surface area contributed by atoms with Crippen LogP contribution in [0.3, 0.4) is 0 Å². The van der Waals surface area contributed by atoms with Gasteiger partial charge in [0.15, 0.2) is 0 Å². The molecule has 0 spiro atoms. The number of para-hydroxylation sites is 2. The number of nitrogens with one attached hydrogen (secondary N) is 1. The number of carbonyl (C=O) groups is 1. The van der Waals surface area contributed by atoms with Crippen LogP contribution in [0, 0.1) is 5.82 Å². The van der Waals surface area contributed by atoms with Crippen LogP contribution in [0.5, 0.6) is 0 Å². The van der Waals surface area contributed by atoms with Gasteiger partial charge in [0.1, 0.15) is 17.5 Å². The molecule has 4 aromatic rings. The molecule has 0 aliphatic heterocycles. The minimum atomic E-state index is -0.316. The zero-order valence-electron chi connectivity index (χ0n) is 19.4. The molecule has 1 atom stereocenters. The van der Waals surface area contributed by atoms with E-state index in [1.807, 2.05) is 48.0 Å². The molecule has 6 nitrogen and oxygen atoms in total. The molecule has 8 heteroatoms. The molecule has 1 heterocycles. The first kappa shape index (κ1) is 24.4. The number of amides is 1. The number of fused-ring (bicyclic) bond motifs is 1. The maximum atomic E-state index is 13.2. The lowest BCUT2D eigenvalue weighted by molar-refractivity contribution is 0.0932. The zero-order chi connectivity index (χ0) is 24.8. The summed E-state index contributed by atoms with van der Waals surface area (Å²) in [7, 11) is 1.95. The van der Waals surface area contributed by atoms with Crippen molar-refractivity contribution in [2.75, 3.05) is 12.4 Å². The first-order valence-corrected chi connectivity index (χ1v) is 11.9. The van der Waals surface area contributed by atoms with Gasteiger partial charge < -0.3 is 15.6 Å². The number of imidazole rings is 1. The molecule has 3 aromatic carbocycles. The number of rotatable bonds is 9. The molecule has 0 unspecified atom stereocenters. The lowest BCUT2D eigenvalue weighted by Crippen LogP contribution is -2.30. The van der Waals surface area contributed by atoms with Gasteiger partial charge in [-0.15, -0.1) is 11.6 Å². The summed E-state index contributed by atoms with van der Waals surface area (Å²) in [6.07, 6.45) is 1.34. The maximum absolute atomic E-state index is 13.2. The van der Waals surface area contributed by atoms with Crippen LogP contribution < -0.4 is 11.1 Å². The second-order valence-electron chi connectivity index (χ2n) is 8.28. The molecular weight excluding hydrogens is 465 g/mol. The van der Waals surface area contributed by atoms with E-state index in [4.69, 9.17) is 22.3 Å². The number of nitrogens with two attached hydrogens (primary N) is 1. The molecule has 180 valence electrons. The topological polar surface area (TPSA) is 85.3 Å². The van der Waals surface area contributed by atoms with E-state index in [1.54, 1.807) is 24.3 Å². The Labute approximate surface area is 208 Å². The number of aryl methyl sites for hydroxylation is 1. The molecule has 0 saturated carbocycles. The summed E-state index contributed by atoms with van der Waals surface area (Å²) < 4.78 is 15.2. The Morgan fingerprint density at radius 3 is 2.40 bits per heavy atom. The monoisotopic (exact) mass is 491 g/mol. The average molecular weight is 492 g/mol. The maximum Gasteiger partial charge on any atom is 0.251 e. The van der Waals surface area contributed by atoms with Crippen molar-refractivity contribution in [3.8, 4) is 11.1 Å². The molecule has 1 amide bonds. The molecule has 3 N–H and O–H groups in total. The quantitative estimate of drug-likeness (QED) is 0.145. The fraction of sp³-hybridized carbons (Fsp3) is 0.222. The Morgan fingerprint density at radius 1 is 1.09 bits per heavy atom. The van der Waals surface area contributed by atoms with Gasteiger partial charge in [-0.25, -0.2) is 9.37 Å². The SMILES string of the molecule is Cn1c([C@H](CCCN=C(N)CCl)NC(=O)c2ccc(-c3ccc(F)cc3)cc2)nc2ccccc21. The van der Waals surface area contributed by atoms with Crippen LogP contribution in [0.15, 0.2) is 77.8 Å². The number of amidine groups is 1. The molecule has 35 heavy (non-hydrogen) atoms. The van der Waals surface area contributed by atoms with Crippen molar-refractivity contribution in [3.05, 3.63) is 90.0 Å². The van der Waals surface area contributed by atoms with E-state index in [0.29, 0.717) is 30.8 Å². The van der Waals surface area contributed by atoms with Gasteiger partial charge in [0.2, 0.25) is 0 Å². The Kier molecular flexibility index (Phi) is 7.77. The van der Waals surface area contributed by atoms with Gasteiger partial charge >= 0.3 is 0 Å². The van der Waals surface area contributed by atoms with Gasteiger partial charge in [0.05, 0.1) is 23.0 Å². The van der Waals surface area contributed by atoms with Gasteiger partial charge in [-0.3, -0.25) is 9.79 Å². The van der Waals surface area contributed by atoms with E-state index in [-0.39, 0.29) is 23.6 Å². The molecular formula is C27H27ClFN5O. The summed E-state index contributed by atoms with van der Waals surface area (Å²) >= 11 is 5.71. The number of hydrogen-bond donors (Lipinski definition) is 2. The summed E-state index contributed by atoms with van der Waals surface area (Å²) in [5, 5.41) is 3.14. The number of carbonyl (C=O) groups excluding carboxylic acids is 1. The van der Waals surface area contributed by atoms with Crippen LogP contribution in [-0.2, 0) is 7.05 Å². The van der Waals surface area contributed by atoms with Crippen LogP contribution in [-0.4, -0.2) is 33.7 Å². The fourth-order valence-electron chi connectivity index (χ4n) is 4.00. The van der Waals surface area contributed by atoms with Gasteiger partial charge in [-0.2, -0.15) is 0 Å². The smallest absolute Gasteiger partial charge is 0.251 e. The van der Waals surface area contributed by atoms with Crippen molar-refractivity contribution in [1.82, 2.24) is 14.9 Å². The van der Waals surface area contributed by atoms with E-state index in [2.05, 4.69) is 10.3 Å². The second kappa shape index (κ2) is 11.1. The van der Waals surface area contributed by atoms with Gasteiger partial charge in [0.25, 0.3) is 5.91 Å². The predicted molar refractivity (Wildman–Crippen MR) is 139 cm³/mol. The molecule has 0 saturated heterocycles. The summed E-state index contributed by atoms with van der Waals surface area (Å²) in [5.74, 6) is 0.886. The standard InChI is InChI=1S/C27H27ClFN5O/c1-34-24-7-3-2-5-22(24)32-26(34)23(6-4-16-31-25(30)17-28)33-27(35)20-10-8-18(9-11-20)19-12-14-21(29)15-13-19/h2-3,5,7-15,23H,4,6,16-17H2,1H3,(H2,30,31)(H,33,35)/t23-/m0/s1. The third-order valence-electron chi connectivity index (χ3n) is 5.87. The highest BCUT2D eigenvalue weighted by molar-refractivity contribution is 6.27. The van der Waals surface area contributed by atoms with Gasteiger partial charge in [-0.05, 0) is 60.4 Å². The number of aliphatic imine (C=N–C) groups is 1. The molecule has 4 rings (SSSR count). The summed E-state index contributed by atoms with van der Waals surface area (Å²) in [6.45, 7) is 0.515. The third-order valence-corrected chi connectivity index (χ3v) is 6.14. The summed E-state index contributed by atoms with van der Waals surface area (Å²) in [5.41, 5.74) is 9.89. The lowest BCUT2D eigenvalue weighted by atomic mass is 10.0. The largest absolute Gasteiger partial charge is 0.386 e. The zero-order valence-corrected chi connectivity index (χ0v) is 20.2. The van der Waals surface area contributed by atoms with Crippen LogP contribution in [0.2, 0.25) is 0 Å². The first-order chi connectivity index (χ1) is 17.0. The fourth-order valence-corrected chi connectivity index (χ4v) is 4.08. The van der Waals surface area contributed by atoms with E-state index >= 15 is 0 Å². The van der Waals surface area contributed by atoms with E-state index in [0.717, 1.165) is 28.0 Å². The molecule has 0 radical (unpaired) electrons. The van der Waals surface area contributed by atoms with Crippen LogP contribution in [0.25, 0.3) is 22.2 Å². The van der Waals surface area contributed by atoms with E-state index in [9.17, 15) is 9.18 Å². The predicted octanol–water partition coefficient (Wildman–Crippen LogP) is 5.23. The van der Waals surface area contributed by atoms with Crippen LogP contribution >= 0.6 is 11.6 Å². The second-order valence-corrected chi connectivity index (χ2v) is 8.54. The number of aromatic nitrogens is 2. The number of alkyl halides is 1. The number of hydrogen-bond acceptors (Lipinski definition) is 3. The Morgan fingerprint density at radius 2 is 1.74 bits per heavy atom. The van der Waals surface area contributed by atoms with Crippen molar-refractivity contribution in [1.29, 1.82) is 0 Å². The van der Waals surface area contributed by atoms with Crippen LogP contribution in [0.4, 0.5) is 4.39 Å². The van der Waals surface area contributed by atoms with Crippen molar-refractivity contribution >= 4 is 34.4 Å². The normalized spacial score (nSPS) is 12.6. The minimum absolute atomic E-state index is 0.193. The van der Waals surface area contributed by atoms with Crippen molar-refractivity contribution in [3.63, 3.8) is 0 Å². The Hall–Kier alpha value is -3.71. The van der Waals surface area contributed by atoms with E-state index < -0.39 is 0 Å².